The number of hydrogen-bond acceptors (Lipinski definition) is 5. The van der Waals surface area contributed by atoms with Crippen molar-refractivity contribution in [1.29, 1.82) is 0 Å². The fourth-order valence-corrected chi connectivity index (χ4v) is 7.15. The third-order valence-electron chi connectivity index (χ3n) is 8.93. The van der Waals surface area contributed by atoms with Gasteiger partial charge in [-0.2, -0.15) is 0 Å². The molecule has 0 radical (unpaired) electrons. The number of hydrogen-bond donors (Lipinski definition) is 1. The van der Waals surface area contributed by atoms with Crippen LogP contribution in [0.15, 0.2) is 96.6 Å². The molecule has 7 rings (SSSR count). The van der Waals surface area contributed by atoms with Gasteiger partial charge in [-0.1, -0.05) is 78.3 Å². The lowest BCUT2D eigenvalue weighted by Crippen LogP contribution is -2.54. The number of nitrogens with zero attached hydrogens (tertiary/aromatic N) is 2. The van der Waals surface area contributed by atoms with Crippen LogP contribution in [0.3, 0.4) is 0 Å². The number of anilines is 2. The van der Waals surface area contributed by atoms with E-state index in [9.17, 15) is 14.4 Å². The molecule has 0 aromatic heterocycles. The zero-order valence-electron chi connectivity index (χ0n) is 24.8. The maximum Gasteiger partial charge on any atom is 0.335 e. The molecule has 7 nitrogen and oxygen atoms in total. The second kappa shape index (κ2) is 11.9. The Morgan fingerprint density at radius 3 is 2.00 bits per heavy atom. The molecule has 8 heteroatoms. The lowest BCUT2D eigenvalue weighted by atomic mass is 9.76. The van der Waals surface area contributed by atoms with E-state index in [0.717, 1.165) is 42.0 Å². The SMILES string of the molecule is CCOc1ccc(/C=C2\C(=O)NC(=O)N(c3cc4c5c(c3)[C@H](c3ccccc3)CCN5CC[C@@H]4c3ccccc3)C2=O)cc1Cl. The Kier molecular flexibility index (Phi) is 7.63. The highest BCUT2D eigenvalue weighted by atomic mass is 35.5. The molecular weight excluding hydrogens is 586 g/mol. The molecule has 4 aromatic rings. The Balaban J connectivity index is 1.36. The summed E-state index contributed by atoms with van der Waals surface area (Å²) in [5.74, 6) is -0.735. The van der Waals surface area contributed by atoms with Gasteiger partial charge in [0.1, 0.15) is 11.3 Å². The number of carbonyl (C=O) groups is 3. The average molecular weight is 618 g/mol. The minimum absolute atomic E-state index is 0.0938. The fraction of sp³-hybridized carbons (Fsp3) is 0.216. The van der Waals surface area contributed by atoms with Crippen molar-refractivity contribution in [3.8, 4) is 5.75 Å². The van der Waals surface area contributed by atoms with Crippen LogP contribution in [0.1, 0.15) is 59.4 Å². The molecule has 0 unspecified atom stereocenters. The monoisotopic (exact) mass is 617 g/mol. The summed E-state index contributed by atoms with van der Waals surface area (Å²) in [5, 5.41) is 2.75. The third kappa shape index (κ3) is 5.27. The first-order valence-electron chi connectivity index (χ1n) is 15.3. The first kappa shape index (κ1) is 28.9. The highest BCUT2D eigenvalue weighted by molar-refractivity contribution is 6.39. The van der Waals surface area contributed by atoms with E-state index in [4.69, 9.17) is 16.3 Å². The Morgan fingerprint density at radius 1 is 0.844 bits per heavy atom. The van der Waals surface area contributed by atoms with Crippen molar-refractivity contribution in [2.75, 3.05) is 29.5 Å². The molecule has 0 bridgehead atoms. The van der Waals surface area contributed by atoms with E-state index < -0.39 is 17.8 Å². The summed E-state index contributed by atoms with van der Waals surface area (Å²) >= 11 is 6.38. The number of rotatable bonds is 6. The van der Waals surface area contributed by atoms with Crippen LogP contribution in [0.5, 0.6) is 5.75 Å². The minimum atomic E-state index is -0.768. The number of urea groups is 1. The number of imide groups is 2. The molecule has 4 aromatic carbocycles. The van der Waals surface area contributed by atoms with Crippen molar-refractivity contribution in [3.63, 3.8) is 0 Å². The van der Waals surface area contributed by atoms with Crippen molar-refractivity contribution in [1.82, 2.24) is 5.32 Å². The second-order valence-electron chi connectivity index (χ2n) is 11.5. The predicted octanol–water partition coefficient (Wildman–Crippen LogP) is 7.28. The second-order valence-corrected chi connectivity index (χ2v) is 12.0. The zero-order valence-corrected chi connectivity index (χ0v) is 25.6. The smallest absolute Gasteiger partial charge is 0.335 e. The average Bonchev–Trinajstić information content (AvgIpc) is 3.05. The Morgan fingerprint density at radius 2 is 1.44 bits per heavy atom. The van der Waals surface area contributed by atoms with Crippen molar-refractivity contribution in [3.05, 3.63) is 129 Å². The molecule has 1 saturated heterocycles. The molecule has 226 valence electrons. The molecule has 0 saturated carbocycles. The predicted molar refractivity (Wildman–Crippen MR) is 176 cm³/mol. The number of ether oxygens (including phenoxy) is 1. The van der Waals surface area contributed by atoms with Crippen molar-refractivity contribution in [2.45, 2.75) is 31.6 Å². The molecule has 3 aliphatic rings. The maximum atomic E-state index is 14.1. The van der Waals surface area contributed by atoms with E-state index in [1.165, 1.54) is 22.9 Å². The van der Waals surface area contributed by atoms with Crippen LogP contribution < -0.4 is 19.9 Å². The third-order valence-corrected chi connectivity index (χ3v) is 9.22. The van der Waals surface area contributed by atoms with E-state index in [1.807, 2.05) is 55.5 Å². The van der Waals surface area contributed by atoms with Gasteiger partial charge in [0.05, 0.1) is 17.3 Å². The lowest BCUT2D eigenvalue weighted by molar-refractivity contribution is -0.122. The van der Waals surface area contributed by atoms with Gasteiger partial charge in [-0.25, -0.2) is 9.69 Å². The number of benzene rings is 4. The van der Waals surface area contributed by atoms with Gasteiger partial charge >= 0.3 is 6.03 Å². The van der Waals surface area contributed by atoms with Crippen molar-refractivity contribution >= 4 is 46.9 Å². The Hall–Kier alpha value is -4.88. The normalized spacial score (nSPS) is 20.2. The van der Waals surface area contributed by atoms with Gasteiger partial charge in [0.15, 0.2) is 0 Å². The number of carbonyl (C=O) groups excluding carboxylic acids is 3. The van der Waals surface area contributed by atoms with E-state index >= 15 is 0 Å². The Bertz CT molecular complexity index is 1770. The van der Waals surface area contributed by atoms with Gasteiger partial charge in [0.25, 0.3) is 11.8 Å². The van der Waals surface area contributed by atoms with Crippen LogP contribution in [-0.2, 0) is 9.59 Å². The van der Waals surface area contributed by atoms with E-state index in [2.05, 4.69) is 34.5 Å². The van der Waals surface area contributed by atoms with Crippen LogP contribution in [-0.4, -0.2) is 37.5 Å². The fourth-order valence-electron chi connectivity index (χ4n) is 6.91. The zero-order chi connectivity index (χ0) is 31.1. The van der Waals surface area contributed by atoms with Crippen LogP contribution >= 0.6 is 11.6 Å². The van der Waals surface area contributed by atoms with Gasteiger partial charge in [-0.15, -0.1) is 0 Å². The van der Waals surface area contributed by atoms with Gasteiger partial charge in [0, 0.05) is 30.6 Å². The van der Waals surface area contributed by atoms with Crippen LogP contribution in [0.4, 0.5) is 16.2 Å². The van der Waals surface area contributed by atoms with Crippen LogP contribution in [0.25, 0.3) is 6.08 Å². The number of halogens is 1. The Labute approximate surface area is 267 Å². The molecular formula is C37H32ClN3O4. The molecule has 3 aliphatic heterocycles. The maximum absolute atomic E-state index is 14.1. The van der Waals surface area contributed by atoms with Gasteiger partial charge < -0.3 is 9.64 Å². The molecule has 45 heavy (non-hydrogen) atoms. The van der Waals surface area contributed by atoms with Gasteiger partial charge in [-0.3, -0.25) is 14.9 Å². The summed E-state index contributed by atoms with van der Waals surface area (Å²) in [6.45, 7) is 4.17. The molecule has 1 N–H and O–H groups in total. The summed E-state index contributed by atoms with van der Waals surface area (Å²) in [4.78, 5) is 44.0. The van der Waals surface area contributed by atoms with Crippen molar-refractivity contribution in [2.24, 2.45) is 0 Å². The van der Waals surface area contributed by atoms with Crippen LogP contribution in [0.2, 0.25) is 5.02 Å². The topological polar surface area (TPSA) is 79.0 Å². The number of nitrogens with one attached hydrogen (secondary N) is 1. The van der Waals surface area contributed by atoms with Gasteiger partial charge in [0.2, 0.25) is 0 Å². The summed E-state index contributed by atoms with van der Waals surface area (Å²) in [5.41, 5.74) is 6.57. The highest BCUT2D eigenvalue weighted by Gasteiger charge is 2.40. The summed E-state index contributed by atoms with van der Waals surface area (Å²) in [7, 11) is 0. The summed E-state index contributed by atoms with van der Waals surface area (Å²) < 4.78 is 5.52. The first-order valence-corrected chi connectivity index (χ1v) is 15.7. The quantitative estimate of drug-likeness (QED) is 0.182. The minimum Gasteiger partial charge on any atom is -0.492 e. The largest absolute Gasteiger partial charge is 0.492 e. The molecule has 2 atom stereocenters. The van der Waals surface area contributed by atoms with Crippen molar-refractivity contribution < 1.29 is 19.1 Å². The van der Waals surface area contributed by atoms with E-state index in [1.54, 1.807) is 18.2 Å². The number of amides is 4. The summed E-state index contributed by atoms with van der Waals surface area (Å²) in [6.07, 6.45) is 3.29. The molecule has 0 spiro atoms. The number of barbiturate groups is 1. The highest BCUT2D eigenvalue weighted by Crippen LogP contribution is 2.50. The summed E-state index contributed by atoms with van der Waals surface area (Å²) in [6, 6.07) is 28.9. The molecule has 1 fully saturated rings. The molecule has 3 heterocycles. The standard InChI is InChI=1S/C37H32ClN3O4/c1-2-45-33-14-13-23(20-32(33)38)19-31-35(42)39-37(44)41(36(31)43)26-21-29-27(24-9-5-3-6-10-24)15-17-40-18-16-28(30(22-26)34(29)40)25-11-7-4-8-12-25/h3-14,19-22,27-28H,2,15-18H2,1H3,(H,39,42,44)/b31-19+/t27-,28+. The lowest BCUT2D eigenvalue weighted by Gasteiger charge is -2.44. The molecule has 4 amide bonds. The molecule has 0 aliphatic carbocycles. The van der Waals surface area contributed by atoms with E-state index in [-0.39, 0.29) is 17.4 Å². The van der Waals surface area contributed by atoms with Gasteiger partial charge in [-0.05, 0) is 77.9 Å². The van der Waals surface area contributed by atoms with Crippen LogP contribution in [0, 0.1) is 0 Å². The van der Waals surface area contributed by atoms with E-state index in [0.29, 0.717) is 28.6 Å². The first-order chi connectivity index (χ1) is 21.9.